The van der Waals surface area contributed by atoms with Crippen molar-refractivity contribution in [1.29, 1.82) is 5.26 Å². The van der Waals surface area contributed by atoms with E-state index < -0.39 is 5.63 Å². The maximum Gasteiger partial charge on any atom is 0.355 e. The van der Waals surface area contributed by atoms with E-state index in [1.54, 1.807) is 12.1 Å². The summed E-state index contributed by atoms with van der Waals surface area (Å²) in [7, 11) is 0. The average molecular weight is 340 g/mol. The highest BCUT2D eigenvalue weighted by Crippen LogP contribution is 2.20. The first-order valence-corrected chi connectivity index (χ1v) is 9.00. The van der Waals surface area contributed by atoms with E-state index in [-0.39, 0.29) is 5.56 Å². The van der Waals surface area contributed by atoms with Gasteiger partial charge in [0.1, 0.15) is 11.8 Å². The van der Waals surface area contributed by atoms with Crippen LogP contribution in [0.1, 0.15) is 30.7 Å². The minimum atomic E-state index is -0.596. The molecule has 0 radical (unpaired) electrons. The second-order valence-electron chi connectivity index (χ2n) is 5.09. The number of nitrogens with zero attached hydrogens (tertiary/aromatic N) is 2. The third kappa shape index (κ3) is 4.09. The van der Waals surface area contributed by atoms with Gasteiger partial charge in [-0.3, -0.25) is 0 Å². The van der Waals surface area contributed by atoms with Crippen LogP contribution in [0, 0.1) is 11.3 Å². The highest BCUT2D eigenvalue weighted by Gasteiger charge is 2.09. The van der Waals surface area contributed by atoms with E-state index in [9.17, 15) is 4.79 Å². The molecule has 0 amide bonds. The van der Waals surface area contributed by atoms with E-state index in [1.165, 1.54) is 17.4 Å². The zero-order valence-electron chi connectivity index (χ0n) is 14.1. The largest absolute Gasteiger partial charge is 0.422 e. The molecule has 0 unspecified atom stereocenters. The minimum Gasteiger partial charge on any atom is -0.422 e. The first-order valence-electron chi connectivity index (χ1n) is 7.78. The van der Waals surface area contributed by atoms with Gasteiger partial charge in [0, 0.05) is 23.7 Å². The molecule has 0 bridgehead atoms. The lowest BCUT2D eigenvalue weighted by molar-refractivity contribution is 0.494. The lowest BCUT2D eigenvalue weighted by Gasteiger charge is -2.20. The predicted octanol–water partition coefficient (Wildman–Crippen LogP) is 4.25. The number of nitriles is 1. The predicted molar refractivity (Wildman–Crippen MR) is 100 cm³/mol. The molecule has 0 aliphatic heterocycles. The summed E-state index contributed by atoms with van der Waals surface area (Å²) >= 11 is 1.36. The van der Waals surface area contributed by atoms with Gasteiger partial charge in [-0.1, -0.05) is 18.2 Å². The van der Waals surface area contributed by atoms with Crippen LogP contribution in [0.4, 0.5) is 5.69 Å². The van der Waals surface area contributed by atoms with Crippen molar-refractivity contribution in [3.63, 3.8) is 0 Å². The molecule has 0 atom stereocenters. The van der Waals surface area contributed by atoms with Gasteiger partial charge in [-0.2, -0.15) is 5.26 Å². The summed E-state index contributed by atoms with van der Waals surface area (Å²) in [6.45, 7) is 6.21. The van der Waals surface area contributed by atoms with Crippen molar-refractivity contribution < 1.29 is 4.42 Å². The zero-order chi connectivity index (χ0) is 17.5. The zero-order valence-corrected chi connectivity index (χ0v) is 14.9. The summed E-state index contributed by atoms with van der Waals surface area (Å²) in [5, 5.41) is 9.00. The van der Waals surface area contributed by atoms with Crippen LogP contribution in [0.2, 0.25) is 0 Å². The summed E-state index contributed by atoms with van der Waals surface area (Å²) < 4.78 is 5.17. The Kier molecular flexibility index (Phi) is 6.28. The van der Waals surface area contributed by atoms with Crippen LogP contribution >= 0.6 is 11.8 Å². The molecule has 5 heteroatoms. The molecule has 0 N–H and O–H groups in total. The summed E-state index contributed by atoms with van der Waals surface area (Å²) in [5.41, 5.74) is 1.67. The van der Waals surface area contributed by atoms with Gasteiger partial charge in [0.05, 0.1) is 0 Å². The fourth-order valence-corrected chi connectivity index (χ4v) is 2.96. The summed E-state index contributed by atoms with van der Waals surface area (Å²) in [4.78, 5) is 14.7. The summed E-state index contributed by atoms with van der Waals surface area (Å²) in [5.74, 6) is 0.441. The Morgan fingerprint density at radius 2 is 1.88 bits per heavy atom. The van der Waals surface area contributed by atoms with Crippen LogP contribution in [-0.2, 0) is 0 Å². The molecule has 0 aliphatic rings. The van der Waals surface area contributed by atoms with Gasteiger partial charge in [0.25, 0.3) is 0 Å². The monoisotopic (exact) mass is 340 g/mol. The van der Waals surface area contributed by atoms with E-state index >= 15 is 0 Å². The molecule has 2 rings (SSSR count). The molecule has 2 aromatic rings. The average Bonchev–Trinajstić information content (AvgIpc) is 2.61. The van der Waals surface area contributed by atoms with Crippen LogP contribution in [0.3, 0.4) is 0 Å². The second-order valence-corrected chi connectivity index (χ2v) is 5.94. The standard InChI is InChI=1S/C19H20N2O2S/c1-4-21(5-2)15-9-6-14(7-10-15)8-11-16-12-18(24-3)17(13-20)19(22)23-16/h6-12H,4-5H2,1-3H3/b11-8+. The van der Waals surface area contributed by atoms with Crippen LogP contribution in [-0.4, -0.2) is 19.3 Å². The molecule has 0 saturated carbocycles. The Morgan fingerprint density at radius 1 is 1.21 bits per heavy atom. The number of benzene rings is 1. The Balaban J connectivity index is 2.24. The van der Waals surface area contributed by atoms with Crippen LogP contribution in [0.15, 0.2) is 44.4 Å². The maximum atomic E-state index is 11.8. The lowest BCUT2D eigenvalue weighted by atomic mass is 10.1. The fraction of sp³-hybridized carbons (Fsp3) is 0.263. The van der Waals surface area contributed by atoms with Crippen molar-refractivity contribution in [3.8, 4) is 6.07 Å². The summed E-state index contributed by atoms with van der Waals surface area (Å²) in [6.07, 6.45) is 5.46. The molecular formula is C19H20N2O2S. The molecule has 1 aromatic heterocycles. The third-order valence-electron chi connectivity index (χ3n) is 3.73. The third-order valence-corrected chi connectivity index (χ3v) is 4.49. The number of anilines is 1. The van der Waals surface area contributed by atoms with E-state index in [4.69, 9.17) is 9.68 Å². The van der Waals surface area contributed by atoms with Gasteiger partial charge in [-0.15, -0.1) is 11.8 Å². The highest BCUT2D eigenvalue weighted by atomic mass is 32.2. The van der Waals surface area contributed by atoms with Crippen molar-refractivity contribution in [2.75, 3.05) is 24.2 Å². The molecule has 4 nitrogen and oxygen atoms in total. The number of hydrogen-bond acceptors (Lipinski definition) is 5. The van der Waals surface area contributed by atoms with Crippen molar-refractivity contribution in [1.82, 2.24) is 0 Å². The topological polar surface area (TPSA) is 57.2 Å². The first-order chi connectivity index (χ1) is 11.6. The molecule has 24 heavy (non-hydrogen) atoms. The van der Waals surface area contributed by atoms with Crippen LogP contribution in [0.5, 0.6) is 0 Å². The van der Waals surface area contributed by atoms with Crippen molar-refractivity contribution in [2.24, 2.45) is 0 Å². The van der Waals surface area contributed by atoms with Crippen LogP contribution < -0.4 is 10.5 Å². The Morgan fingerprint density at radius 3 is 2.42 bits per heavy atom. The Labute approximate surface area is 146 Å². The van der Waals surface area contributed by atoms with Gasteiger partial charge in [-0.25, -0.2) is 4.79 Å². The van der Waals surface area contributed by atoms with E-state index in [2.05, 4.69) is 30.9 Å². The highest BCUT2D eigenvalue weighted by molar-refractivity contribution is 7.98. The first kappa shape index (κ1) is 17.9. The molecule has 0 fully saturated rings. The van der Waals surface area contributed by atoms with Gasteiger partial charge in [0.2, 0.25) is 0 Å². The molecule has 124 valence electrons. The molecule has 1 heterocycles. The van der Waals surface area contributed by atoms with Gasteiger partial charge >= 0.3 is 5.63 Å². The molecule has 1 aromatic carbocycles. The van der Waals surface area contributed by atoms with Crippen LogP contribution in [0.25, 0.3) is 12.2 Å². The van der Waals surface area contributed by atoms with Gasteiger partial charge in [-0.05, 0) is 49.9 Å². The lowest BCUT2D eigenvalue weighted by Crippen LogP contribution is -2.21. The smallest absolute Gasteiger partial charge is 0.355 e. The number of thioether (sulfide) groups is 1. The minimum absolute atomic E-state index is 0.0585. The molecule has 0 aliphatic carbocycles. The van der Waals surface area contributed by atoms with Gasteiger partial charge in [0.15, 0.2) is 5.56 Å². The maximum absolute atomic E-state index is 11.8. The molecule has 0 spiro atoms. The second kappa shape index (κ2) is 8.42. The van der Waals surface area contributed by atoms with Crippen molar-refractivity contribution >= 4 is 29.6 Å². The SMILES string of the molecule is CCN(CC)c1ccc(/C=C/c2cc(SC)c(C#N)c(=O)o2)cc1. The molecular weight excluding hydrogens is 320 g/mol. The van der Waals surface area contributed by atoms with Crippen molar-refractivity contribution in [2.45, 2.75) is 18.7 Å². The summed E-state index contributed by atoms with van der Waals surface area (Å²) in [6, 6.07) is 11.8. The number of hydrogen-bond donors (Lipinski definition) is 0. The number of rotatable bonds is 6. The van der Waals surface area contributed by atoms with E-state index in [1.807, 2.05) is 30.5 Å². The molecule has 0 saturated heterocycles. The quantitative estimate of drug-likeness (QED) is 0.736. The van der Waals surface area contributed by atoms with E-state index in [0.29, 0.717) is 10.7 Å². The van der Waals surface area contributed by atoms with E-state index in [0.717, 1.165) is 18.7 Å². The van der Waals surface area contributed by atoms with Gasteiger partial charge < -0.3 is 9.32 Å². The fourth-order valence-electron chi connectivity index (χ4n) is 2.40. The Hall–Kier alpha value is -2.45. The normalized spacial score (nSPS) is 10.8. The van der Waals surface area contributed by atoms with Crippen molar-refractivity contribution in [3.05, 3.63) is 57.6 Å². The Bertz CT molecular complexity index is 813.